The Labute approximate surface area is 174 Å². The third-order valence-corrected chi connectivity index (χ3v) is 7.47. The summed E-state index contributed by atoms with van der Waals surface area (Å²) in [7, 11) is 0. The lowest BCUT2D eigenvalue weighted by Crippen LogP contribution is -2.48. The molecule has 0 radical (unpaired) electrons. The maximum absolute atomic E-state index is 12.5. The molecule has 2 unspecified atom stereocenters. The average molecular weight is 411 g/mol. The first-order chi connectivity index (χ1) is 13.6. The van der Waals surface area contributed by atoms with E-state index in [1.165, 1.54) is 0 Å². The fourth-order valence-corrected chi connectivity index (χ4v) is 5.46. The molecule has 0 aromatic carbocycles. The molecule has 1 aliphatic heterocycles. The number of ether oxygens (including phenoxy) is 1. The molecule has 2 saturated carbocycles. The summed E-state index contributed by atoms with van der Waals surface area (Å²) in [5.74, 6) is 2.42. The van der Waals surface area contributed by atoms with Crippen molar-refractivity contribution in [3.8, 4) is 0 Å². The van der Waals surface area contributed by atoms with Crippen molar-refractivity contribution in [2.45, 2.75) is 82.0 Å². The number of nitrogens with zero attached hydrogens (tertiary/aromatic N) is 1. The molecular weight excluding hydrogens is 372 g/mol. The van der Waals surface area contributed by atoms with Gasteiger partial charge >= 0.3 is 0 Å². The van der Waals surface area contributed by atoms with Crippen LogP contribution in [0, 0.1) is 5.92 Å². The minimum Gasteiger partial charge on any atom is -0.381 e. The van der Waals surface area contributed by atoms with Crippen LogP contribution in [0.1, 0.15) is 65.2 Å². The largest absolute Gasteiger partial charge is 0.381 e. The maximum Gasteiger partial charge on any atom is 0.223 e. The van der Waals surface area contributed by atoms with Gasteiger partial charge in [-0.1, -0.05) is 13.3 Å². The second kappa shape index (κ2) is 10.7. The molecule has 1 saturated heterocycles. The zero-order chi connectivity index (χ0) is 19.8. The number of carbonyl (C=O) groups excluding carboxylic acids is 1. The molecular formula is C21H38N4O2S. The second-order valence-corrected chi connectivity index (χ2v) is 10.1. The zero-order valence-electron chi connectivity index (χ0n) is 17.6. The van der Waals surface area contributed by atoms with E-state index in [9.17, 15) is 4.79 Å². The molecule has 3 rings (SSSR count). The summed E-state index contributed by atoms with van der Waals surface area (Å²) in [6, 6.07) is 0.775. The van der Waals surface area contributed by atoms with Crippen molar-refractivity contribution in [3.05, 3.63) is 0 Å². The minimum absolute atomic E-state index is 0.146. The van der Waals surface area contributed by atoms with Crippen LogP contribution in [0.25, 0.3) is 0 Å². The number of amides is 1. The van der Waals surface area contributed by atoms with E-state index in [-0.39, 0.29) is 16.6 Å². The van der Waals surface area contributed by atoms with Crippen molar-refractivity contribution < 1.29 is 9.53 Å². The third-order valence-electron chi connectivity index (χ3n) is 6.03. The monoisotopic (exact) mass is 410 g/mol. The molecule has 1 amide bonds. The highest BCUT2D eigenvalue weighted by molar-refractivity contribution is 8.00. The number of nitrogens with one attached hydrogen (secondary N) is 3. The lowest BCUT2D eigenvalue weighted by molar-refractivity contribution is -0.126. The fourth-order valence-electron chi connectivity index (χ4n) is 4.24. The first-order valence-corrected chi connectivity index (χ1v) is 12.2. The number of hydrogen-bond acceptors (Lipinski definition) is 4. The Kier molecular flexibility index (Phi) is 8.33. The van der Waals surface area contributed by atoms with E-state index < -0.39 is 0 Å². The van der Waals surface area contributed by atoms with Crippen LogP contribution in [0.2, 0.25) is 0 Å². The number of guanidine groups is 1. The van der Waals surface area contributed by atoms with E-state index in [4.69, 9.17) is 9.73 Å². The Morgan fingerprint density at radius 1 is 1.11 bits per heavy atom. The number of thioether (sulfide) groups is 1. The van der Waals surface area contributed by atoms with E-state index in [2.05, 4.69) is 29.8 Å². The first kappa shape index (κ1) is 21.8. The van der Waals surface area contributed by atoms with Gasteiger partial charge in [0.1, 0.15) is 0 Å². The molecule has 3 fully saturated rings. The van der Waals surface area contributed by atoms with Gasteiger partial charge in [0.2, 0.25) is 5.91 Å². The lowest BCUT2D eigenvalue weighted by atomic mass is 9.85. The predicted octanol–water partition coefficient (Wildman–Crippen LogP) is 2.68. The number of hydrogen-bond donors (Lipinski definition) is 3. The minimum atomic E-state index is 0.146. The van der Waals surface area contributed by atoms with Gasteiger partial charge in [0.05, 0.1) is 6.54 Å². The van der Waals surface area contributed by atoms with Crippen molar-refractivity contribution in [2.24, 2.45) is 10.9 Å². The van der Waals surface area contributed by atoms with Crippen LogP contribution in [0.4, 0.5) is 0 Å². The molecule has 2 aliphatic carbocycles. The van der Waals surface area contributed by atoms with Gasteiger partial charge in [-0.15, -0.1) is 0 Å². The Morgan fingerprint density at radius 2 is 1.89 bits per heavy atom. The molecule has 0 aromatic rings. The molecule has 0 spiro atoms. The summed E-state index contributed by atoms with van der Waals surface area (Å²) < 4.78 is 5.78. The van der Waals surface area contributed by atoms with Crippen LogP contribution in [0.15, 0.2) is 4.99 Å². The topological polar surface area (TPSA) is 74.8 Å². The molecule has 6 nitrogen and oxygen atoms in total. The molecule has 7 heteroatoms. The van der Waals surface area contributed by atoms with Gasteiger partial charge in [-0.2, -0.15) is 11.8 Å². The number of carbonyl (C=O) groups is 1. The Bertz CT molecular complexity index is 527. The maximum atomic E-state index is 12.5. The van der Waals surface area contributed by atoms with Crippen LogP contribution in [0.3, 0.4) is 0 Å². The van der Waals surface area contributed by atoms with Crippen LogP contribution in [-0.2, 0) is 9.53 Å². The molecule has 3 N–H and O–H groups in total. The standard InChI is InChI=1S/C21H38N4O2S/c1-3-22-20(23-15-21(28-4-2)10-12-27-13-11-21)25-18-7-5-6-16(14-18)19(26)24-17-8-9-17/h16-18H,3-15H2,1-2H3,(H,24,26)(H2,22,23,25). The van der Waals surface area contributed by atoms with Crippen molar-refractivity contribution in [1.29, 1.82) is 0 Å². The SMILES string of the molecule is CCNC(=NCC1(SCC)CCOCC1)NC1CCCC(C(=O)NC2CC2)C1. The second-order valence-electron chi connectivity index (χ2n) is 8.41. The first-order valence-electron chi connectivity index (χ1n) is 11.2. The van der Waals surface area contributed by atoms with Crippen LogP contribution < -0.4 is 16.0 Å². The predicted molar refractivity (Wildman–Crippen MR) is 117 cm³/mol. The van der Waals surface area contributed by atoms with Gasteiger partial charge in [0, 0.05) is 42.5 Å². The normalized spacial score (nSPS) is 27.9. The molecule has 3 aliphatic rings. The quantitative estimate of drug-likeness (QED) is 0.424. The van der Waals surface area contributed by atoms with Gasteiger partial charge < -0.3 is 20.7 Å². The Morgan fingerprint density at radius 3 is 2.57 bits per heavy atom. The van der Waals surface area contributed by atoms with E-state index in [0.29, 0.717) is 12.1 Å². The zero-order valence-corrected chi connectivity index (χ0v) is 18.4. The Hall–Kier alpha value is -0.950. The van der Waals surface area contributed by atoms with Crippen LogP contribution in [0.5, 0.6) is 0 Å². The van der Waals surface area contributed by atoms with Gasteiger partial charge in [-0.3, -0.25) is 9.79 Å². The molecule has 0 bridgehead atoms. The van der Waals surface area contributed by atoms with Crippen molar-refractivity contribution in [3.63, 3.8) is 0 Å². The average Bonchev–Trinajstić information content (AvgIpc) is 3.52. The highest BCUT2D eigenvalue weighted by atomic mass is 32.2. The van der Waals surface area contributed by atoms with Crippen LogP contribution in [-0.4, -0.2) is 60.8 Å². The highest BCUT2D eigenvalue weighted by Gasteiger charge is 2.34. The molecule has 2 atom stereocenters. The van der Waals surface area contributed by atoms with Crippen molar-refractivity contribution >= 4 is 23.6 Å². The Balaban J connectivity index is 1.56. The van der Waals surface area contributed by atoms with Crippen molar-refractivity contribution in [1.82, 2.24) is 16.0 Å². The van der Waals surface area contributed by atoms with E-state index in [1.807, 2.05) is 11.8 Å². The molecule has 28 heavy (non-hydrogen) atoms. The van der Waals surface area contributed by atoms with Gasteiger partial charge in [0.25, 0.3) is 0 Å². The molecule has 160 valence electrons. The van der Waals surface area contributed by atoms with Gasteiger partial charge in [-0.05, 0) is 57.6 Å². The number of rotatable bonds is 8. The molecule has 1 heterocycles. The van der Waals surface area contributed by atoms with Gasteiger partial charge in [0.15, 0.2) is 5.96 Å². The summed E-state index contributed by atoms with van der Waals surface area (Å²) in [6.07, 6.45) is 8.59. The van der Waals surface area contributed by atoms with Crippen LogP contribution >= 0.6 is 11.8 Å². The molecule has 0 aromatic heterocycles. The van der Waals surface area contributed by atoms with Crippen molar-refractivity contribution in [2.75, 3.05) is 32.1 Å². The van der Waals surface area contributed by atoms with E-state index >= 15 is 0 Å². The lowest BCUT2D eigenvalue weighted by Gasteiger charge is -2.35. The number of aliphatic imine (C=N–C) groups is 1. The summed E-state index contributed by atoms with van der Waals surface area (Å²) in [5, 5.41) is 10.2. The summed E-state index contributed by atoms with van der Waals surface area (Å²) in [6.45, 7) is 7.68. The van der Waals surface area contributed by atoms with E-state index in [1.54, 1.807) is 0 Å². The summed E-state index contributed by atoms with van der Waals surface area (Å²) in [5.41, 5.74) is 0. The van der Waals surface area contributed by atoms with Gasteiger partial charge in [-0.25, -0.2) is 0 Å². The summed E-state index contributed by atoms with van der Waals surface area (Å²) >= 11 is 2.03. The summed E-state index contributed by atoms with van der Waals surface area (Å²) in [4.78, 5) is 17.4. The smallest absolute Gasteiger partial charge is 0.223 e. The fraction of sp³-hybridized carbons (Fsp3) is 0.905. The highest BCUT2D eigenvalue weighted by Crippen LogP contribution is 2.35. The third kappa shape index (κ3) is 6.55. The van der Waals surface area contributed by atoms with E-state index in [0.717, 1.165) is 89.4 Å².